The van der Waals surface area contributed by atoms with E-state index in [2.05, 4.69) is 27.9 Å². The minimum Gasteiger partial charge on any atom is -0.371 e. The standard InChI is InChI=1S/C16H18ClN3O/c1-12-10-21-16(14-3-2-4-15(17)5-14)9-20(12)8-13-6-18-11-19-7-13/h2-7,11-12,16H,8-10H2,1H3/t12-,16+/m0/s1. The number of aromatic nitrogens is 2. The molecule has 1 aliphatic heterocycles. The van der Waals surface area contributed by atoms with Crippen LogP contribution < -0.4 is 0 Å². The van der Waals surface area contributed by atoms with Crippen LogP contribution in [0.3, 0.4) is 0 Å². The van der Waals surface area contributed by atoms with Crippen LogP contribution in [0, 0.1) is 0 Å². The molecule has 5 heteroatoms. The quantitative estimate of drug-likeness (QED) is 0.873. The number of benzene rings is 1. The van der Waals surface area contributed by atoms with E-state index in [-0.39, 0.29) is 6.10 Å². The second kappa shape index (κ2) is 6.52. The van der Waals surface area contributed by atoms with Gasteiger partial charge in [0.1, 0.15) is 6.33 Å². The van der Waals surface area contributed by atoms with Gasteiger partial charge in [-0.15, -0.1) is 0 Å². The minimum atomic E-state index is 0.0598. The molecule has 0 radical (unpaired) electrons. The average Bonchev–Trinajstić information content (AvgIpc) is 2.50. The van der Waals surface area contributed by atoms with Crippen molar-refractivity contribution in [3.63, 3.8) is 0 Å². The van der Waals surface area contributed by atoms with Gasteiger partial charge in [0, 0.05) is 42.1 Å². The van der Waals surface area contributed by atoms with Gasteiger partial charge in [0.05, 0.1) is 12.7 Å². The molecule has 4 nitrogen and oxygen atoms in total. The number of hydrogen-bond donors (Lipinski definition) is 0. The maximum Gasteiger partial charge on any atom is 0.115 e. The van der Waals surface area contributed by atoms with Crippen molar-refractivity contribution in [3.8, 4) is 0 Å². The Kier molecular flexibility index (Phi) is 4.48. The van der Waals surface area contributed by atoms with Gasteiger partial charge in [-0.1, -0.05) is 23.7 Å². The van der Waals surface area contributed by atoms with Crippen molar-refractivity contribution in [2.75, 3.05) is 13.2 Å². The molecule has 2 atom stereocenters. The van der Waals surface area contributed by atoms with Crippen LogP contribution in [0.25, 0.3) is 0 Å². The highest BCUT2D eigenvalue weighted by molar-refractivity contribution is 6.30. The molecular weight excluding hydrogens is 286 g/mol. The van der Waals surface area contributed by atoms with E-state index >= 15 is 0 Å². The zero-order valence-corrected chi connectivity index (χ0v) is 12.7. The smallest absolute Gasteiger partial charge is 0.115 e. The van der Waals surface area contributed by atoms with Crippen molar-refractivity contribution in [2.24, 2.45) is 0 Å². The minimum absolute atomic E-state index is 0.0598. The molecule has 1 aromatic heterocycles. The Morgan fingerprint density at radius 1 is 1.33 bits per heavy atom. The molecule has 0 aliphatic carbocycles. The molecule has 0 unspecified atom stereocenters. The Morgan fingerprint density at radius 3 is 2.90 bits per heavy atom. The van der Waals surface area contributed by atoms with Crippen LogP contribution in [-0.2, 0) is 11.3 Å². The SMILES string of the molecule is C[C@H]1CO[C@@H](c2cccc(Cl)c2)CN1Cc1cncnc1. The van der Waals surface area contributed by atoms with Gasteiger partial charge in [0.2, 0.25) is 0 Å². The van der Waals surface area contributed by atoms with Crippen LogP contribution in [0.2, 0.25) is 5.02 Å². The van der Waals surface area contributed by atoms with E-state index in [1.54, 1.807) is 6.33 Å². The summed E-state index contributed by atoms with van der Waals surface area (Å²) in [6.45, 7) is 4.57. The summed E-state index contributed by atoms with van der Waals surface area (Å²) in [6, 6.07) is 8.27. The summed E-state index contributed by atoms with van der Waals surface area (Å²) in [6.07, 6.45) is 5.35. The number of hydrogen-bond acceptors (Lipinski definition) is 4. The average molecular weight is 304 g/mol. The molecule has 2 heterocycles. The molecule has 0 N–H and O–H groups in total. The van der Waals surface area contributed by atoms with Gasteiger partial charge in [0.25, 0.3) is 0 Å². The molecule has 3 rings (SSSR count). The first-order valence-corrected chi connectivity index (χ1v) is 7.45. The Balaban J connectivity index is 1.72. The number of halogens is 1. The molecular formula is C16H18ClN3O. The molecule has 110 valence electrons. The second-order valence-corrected chi connectivity index (χ2v) is 5.84. The highest BCUT2D eigenvalue weighted by atomic mass is 35.5. The van der Waals surface area contributed by atoms with Crippen molar-refractivity contribution >= 4 is 11.6 Å². The van der Waals surface area contributed by atoms with Crippen molar-refractivity contribution in [1.29, 1.82) is 0 Å². The zero-order chi connectivity index (χ0) is 14.7. The van der Waals surface area contributed by atoms with E-state index in [0.717, 1.165) is 29.2 Å². The Hall–Kier alpha value is -1.49. The number of nitrogens with zero attached hydrogens (tertiary/aromatic N) is 3. The third-order valence-corrected chi connectivity index (χ3v) is 4.02. The summed E-state index contributed by atoms with van der Waals surface area (Å²) in [5.41, 5.74) is 2.25. The van der Waals surface area contributed by atoms with Gasteiger partial charge in [-0.2, -0.15) is 0 Å². The lowest BCUT2D eigenvalue weighted by molar-refractivity contribution is -0.0633. The fraction of sp³-hybridized carbons (Fsp3) is 0.375. The van der Waals surface area contributed by atoms with Gasteiger partial charge in [0.15, 0.2) is 0 Å². The summed E-state index contributed by atoms with van der Waals surface area (Å²) < 4.78 is 5.97. The summed E-state index contributed by atoms with van der Waals surface area (Å²) >= 11 is 6.07. The van der Waals surface area contributed by atoms with E-state index in [1.165, 1.54) is 0 Å². The fourth-order valence-corrected chi connectivity index (χ4v) is 2.78. The van der Waals surface area contributed by atoms with E-state index in [9.17, 15) is 0 Å². The van der Waals surface area contributed by atoms with E-state index in [1.807, 2.05) is 30.6 Å². The lowest BCUT2D eigenvalue weighted by Crippen LogP contribution is -2.44. The lowest BCUT2D eigenvalue weighted by atomic mass is 10.1. The monoisotopic (exact) mass is 303 g/mol. The van der Waals surface area contributed by atoms with E-state index < -0.39 is 0 Å². The first-order chi connectivity index (χ1) is 10.2. The van der Waals surface area contributed by atoms with Gasteiger partial charge in [-0.3, -0.25) is 4.90 Å². The third-order valence-electron chi connectivity index (χ3n) is 3.78. The van der Waals surface area contributed by atoms with Gasteiger partial charge in [-0.05, 0) is 24.6 Å². The number of morpholine rings is 1. The highest BCUT2D eigenvalue weighted by Crippen LogP contribution is 2.27. The second-order valence-electron chi connectivity index (χ2n) is 5.40. The maximum atomic E-state index is 6.07. The van der Waals surface area contributed by atoms with Gasteiger partial charge >= 0.3 is 0 Å². The van der Waals surface area contributed by atoms with Crippen LogP contribution in [0.5, 0.6) is 0 Å². The Morgan fingerprint density at radius 2 is 2.14 bits per heavy atom. The molecule has 1 saturated heterocycles. The van der Waals surface area contributed by atoms with Crippen LogP contribution in [-0.4, -0.2) is 34.1 Å². The third kappa shape index (κ3) is 3.59. The molecule has 0 bridgehead atoms. The normalized spacial score (nSPS) is 23.1. The fourth-order valence-electron chi connectivity index (χ4n) is 2.58. The molecule has 2 aromatic rings. The molecule has 1 aliphatic rings. The van der Waals surface area contributed by atoms with Crippen molar-refractivity contribution in [1.82, 2.24) is 14.9 Å². The molecule has 0 saturated carbocycles. The molecule has 21 heavy (non-hydrogen) atoms. The van der Waals surface area contributed by atoms with Crippen LogP contribution in [0.15, 0.2) is 43.0 Å². The van der Waals surface area contributed by atoms with Gasteiger partial charge < -0.3 is 4.74 Å². The Bertz CT molecular complexity index is 593. The van der Waals surface area contributed by atoms with E-state index in [4.69, 9.17) is 16.3 Å². The molecule has 0 amide bonds. The van der Waals surface area contributed by atoms with Crippen molar-refractivity contribution in [3.05, 3.63) is 59.1 Å². The zero-order valence-electron chi connectivity index (χ0n) is 11.9. The first kappa shape index (κ1) is 14.4. The van der Waals surface area contributed by atoms with Crippen LogP contribution in [0.4, 0.5) is 0 Å². The number of ether oxygens (including phenoxy) is 1. The topological polar surface area (TPSA) is 38.2 Å². The predicted molar refractivity (Wildman–Crippen MR) is 82.0 cm³/mol. The summed E-state index contributed by atoms with van der Waals surface area (Å²) in [7, 11) is 0. The predicted octanol–water partition coefficient (Wildman–Crippen LogP) is 3.09. The summed E-state index contributed by atoms with van der Waals surface area (Å²) in [5, 5.41) is 0.748. The van der Waals surface area contributed by atoms with Gasteiger partial charge in [-0.25, -0.2) is 9.97 Å². The summed E-state index contributed by atoms with van der Waals surface area (Å²) in [5.74, 6) is 0. The highest BCUT2D eigenvalue weighted by Gasteiger charge is 2.27. The summed E-state index contributed by atoms with van der Waals surface area (Å²) in [4.78, 5) is 10.6. The van der Waals surface area contributed by atoms with Crippen LogP contribution >= 0.6 is 11.6 Å². The molecule has 0 spiro atoms. The Labute approximate surface area is 129 Å². The maximum absolute atomic E-state index is 6.07. The lowest BCUT2D eigenvalue weighted by Gasteiger charge is -2.38. The van der Waals surface area contributed by atoms with Crippen LogP contribution in [0.1, 0.15) is 24.2 Å². The number of rotatable bonds is 3. The largest absolute Gasteiger partial charge is 0.371 e. The molecule has 1 fully saturated rings. The first-order valence-electron chi connectivity index (χ1n) is 7.07. The van der Waals surface area contributed by atoms with Crippen molar-refractivity contribution in [2.45, 2.75) is 25.6 Å². The van der Waals surface area contributed by atoms with E-state index in [0.29, 0.717) is 12.6 Å². The molecule has 1 aromatic carbocycles. The van der Waals surface area contributed by atoms with Crippen molar-refractivity contribution < 1.29 is 4.74 Å².